The van der Waals surface area contributed by atoms with Crippen LogP contribution in [0.2, 0.25) is 0 Å². The number of hydrogen-bond acceptors (Lipinski definition) is 5. The Kier molecular flexibility index (Phi) is 4.96. The molecule has 0 saturated carbocycles. The molecular weight excluding hydrogens is 371 g/mol. The van der Waals surface area contributed by atoms with E-state index in [0.717, 1.165) is 22.3 Å². The predicted molar refractivity (Wildman–Crippen MR) is 92.8 cm³/mol. The number of hydrogen-bond donors (Lipinski definition) is 1. The Labute approximate surface area is 149 Å². The first kappa shape index (κ1) is 17.7. The number of benzene rings is 1. The van der Waals surface area contributed by atoms with Crippen LogP contribution in [0.3, 0.4) is 0 Å². The molecular formula is C16H12F3N3OS2. The van der Waals surface area contributed by atoms with E-state index in [4.69, 9.17) is 0 Å². The Morgan fingerprint density at radius 1 is 1.20 bits per heavy atom. The van der Waals surface area contributed by atoms with E-state index in [1.165, 1.54) is 41.6 Å². The number of alkyl halides is 3. The second-order valence-electron chi connectivity index (χ2n) is 5.14. The predicted octanol–water partition coefficient (Wildman–Crippen LogP) is 4.83. The summed E-state index contributed by atoms with van der Waals surface area (Å²) in [6, 6.07) is 6.24. The molecule has 1 aromatic carbocycles. The van der Waals surface area contributed by atoms with Crippen LogP contribution in [0.1, 0.15) is 12.5 Å². The first-order valence-electron chi connectivity index (χ1n) is 7.17. The molecule has 0 aliphatic carbocycles. The van der Waals surface area contributed by atoms with Crippen LogP contribution in [0.4, 0.5) is 18.9 Å². The van der Waals surface area contributed by atoms with E-state index in [9.17, 15) is 18.0 Å². The standard InChI is InChI=1S/C16H12F3N3OS2/c1-9(25-15-12-6-7-24-14(12)20-8-21-15)13(23)22-11-4-2-10(3-5-11)16(17,18)19/h2-9H,1H3,(H,22,23)/t9-/m1/s1. The lowest BCUT2D eigenvalue weighted by molar-refractivity contribution is -0.137. The highest BCUT2D eigenvalue weighted by Gasteiger charge is 2.30. The summed E-state index contributed by atoms with van der Waals surface area (Å²) in [6.07, 6.45) is -2.95. The van der Waals surface area contributed by atoms with E-state index in [0.29, 0.717) is 10.7 Å². The third-order valence-electron chi connectivity index (χ3n) is 3.36. The summed E-state index contributed by atoms with van der Waals surface area (Å²) in [7, 11) is 0. The van der Waals surface area contributed by atoms with Crippen LogP contribution < -0.4 is 5.32 Å². The maximum atomic E-state index is 12.6. The van der Waals surface area contributed by atoms with E-state index < -0.39 is 17.0 Å². The van der Waals surface area contributed by atoms with Crippen molar-refractivity contribution in [2.45, 2.75) is 23.4 Å². The Morgan fingerprint density at radius 3 is 2.60 bits per heavy atom. The SMILES string of the molecule is C[C@@H](Sc1ncnc2sccc12)C(=O)Nc1ccc(C(F)(F)F)cc1. The molecule has 0 fully saturated rings. The van der Waals surface area contributed by atoms with Gasteiger partial charge in [-0.1, -0.05) is 11.8 Å². The van der Waals surface area contributed by atoms with Crippen molar-refractivity contribution in [3.63, 3.8) is 0 Å². The number of thioether (sulfide) groups is 1. The average Bonchev–Trinajstić information content (AvgIpc) is 3.04. The van der Waals surface area contributed by atoms with Crippen LogP contribution in [-0.2, 0) is 11.0 Å². The maximum absolute atomic E-state index is 12.6. The largest absolute Gasteiger partial charge is 0.416 e. The second kappa shape index (κ2) is 7.01. The number of nitrogens with zero attached hydrogens (tertiary/aromatic N) is 2. The number of amides is 1. The van der Waals surface area contributed by atoms with Gasteiger partial charge in [0, 0.05) is 11.1 Å². The molecule has 0 aliphatic rings. The maximum Gasteiger partial charge on any atom is 0.416 e. The first-order chi connectivity index (χ1) is 11.8. The average molecular weight is 383 g/mol. The molecule has 0 saturated heterocycles. The van der Waals surface area contributed by atoms with Crippen molar-refractivity contribution in [1.82, 2.24) is 9.97 Å². The normalized spacial score (nSPS) is 13.0. The van der Waals surface area contributed by atoms with Crippen LogP contribution >= 0.6 is 23.1 Å². The third kappa shape index (κ3) is 4.10. The monoisotopic (exact) mass is 383 g/mol. The minimum absolute atomic E-state index is 0.313. The molecule has 0 unspecified atom stereocenters. The molecule has 1 N–H and O–H groups in total. The number of aromatic nitrogens is 2. The highest BCUT2D eigenvalue weighted by atomic mass is 32.2. The number of carbonyl (C=O) groups excluding carboxylic acids is 1. The molecule has 130 valence electrons. The van der Waals surface area contributed by atoms with Crippen LogP contribution in [0.15, 0.2) is 47.1 Å². The third-order valence-corrected chi connectivity index (χ3v) is 5.30. The first-order valence-corrected chi connectivity index (χ1v) is 8.93. The van der Waals surface area contributed by atoms with Crippen molar-refractivity contribution in [1.29, 1.82) is 0 Å². The minimum Gasteiger partial charge on any atom is -0.325 e. The smallest absolute Gasteiger partial charge is 0.325 e. The molecule has 1 atom stereocenters. The quantitative estimate of drug-likeness (QED) is 0.518. The zero-order chi connectivity index (χ0) is 18.0. The zero-order valence-electron chi connectivity index (χ0n) is 12.9. The molecule has 3 rings (SSSR count). The number of halogens is 3. The summed E-state index contributed by atoms with van der Waals surface area (Å²) < 4.78 is 37.7. The van der Waals surface area contributed by atoms with Gasteiger partial charge in [0.15, 0.2) is 0 Å². The molecule has 0 spiro atoms. The molecule has 0 bridgehead atoms. The molecule has 0 aliphatic heterocycles. The second-order valence-corrected chi connectivity index (χ2v) is 7.37. The van der Waals surface area contributed by atoms with Crippen LogP contribution in [0.5, 0.6) is 0 Å². The van der Waals surface area contributed by atoms with Gasteiger partial charge >= 0.3 is 6.18 Å². The van der Waals surface area contributed by atoms with Crippen molar-refractivity contribution in [2.75, 3.05) is 5.32 Å². The number of fused-ring (bicyclic) bond motifs is 1. The number of anilines is 1. The highest BCUT2D eigenvalue weighted by Crippen LogP contribution is 2.32. The lowest BCUT2D eigenvalue weighted by Gasteiger charge is -2.13. The molecule has 1 amide bonds. The van der Waals surface area contributed by atoms with Crippen molar-refractivity contribution < 1.29 is 18.0 Å². The minimum atomic E-state index is -4.40. The Morgan fingerprint density at radius 2 is 1.92 bits per heavy atom. The van der Waals surface area contributed by atoms with Gasteiger partial charge in [0.05, 0.1) is 10.8 Å². The zero-order valence-corrected chi connectivity index (χ0v) is 14.5. The molecule has 4 nitrogen and oxygen atoms in total. The molecule has 2 aromatic heterocycles. The van der Waals surface area contributed by atoms with Crippen LogP contribution in [0, 0.1) is 0 Å². The van der Waals surface area contributed by atoms with Gasteiger partial charge in [-0.05, 0) is 42.6 Å². The fraction of sp³-hybridized carbons (Fsp3) is 0.188. The van der Waals surface area contributed by atoms with E-state index in [1.54, 1.807) is 6.92 Å². The van der Waals surface area contributed by atoms with Gasteiger partial charge in [-0.3, -0.25) is 4.79 Å². The van der Waals surface area contributed by atoms with Gasteiger partial charge in [-0.2, -0.15) is 13.2 Å². The topological polar surface area (TPSA) is 54.9 Å². The summed E-state index contributed by atoms with van der Waals surface area (Å²) in [5.41, 5.74) is -0.442. The fourth-order valence-electron chi connectivity index (χ4n) is 2.07. The lowest BCUT2D eigenvalue weighted by atomic mass is 10.2. The van der Waals surface area contributed by atoms with Crippen molar-refractivity contribution in [3.05, 3.63) is 47.6 Å². The van der Waals surface area contributed by atoms with Crippen LogP contribution in [0.25, 0.3) is 10.2 Å². The molecule has 2 heterocycles. The summed E-state index contributed by atoms with van der Waals surface area (Å²) in [5, 5.41) is 5.62. The summed E-state index contributed by atoms with van der Waals surface area (Å²) in [6.45, 7) is 1.71. The lowest BCUT2D eigenvalue weighted by Crippen LogP contribution is -2.22. The van der Waals surface area contributed by atoms with Crippen LogP contribution in [-0.4, -0.2) is 21.1 Å². The summed E-state index contributed by atoms with van der Waals surface area (Å²) >= 11 is 2.76. The van der Waals surface area contributed by atoms with E-state index in [2.05, 4.69) is 15.3 Å². The highest BCUT2D eigenvalue weighted by molar-refractivity contribution is 8.00. The van der Waals surface area contributed by atoms with E-state index in [1.807, 2.05) is 11.4 Å². The summed E-state index contributed by atoms with van der Waals surface area (Å²) in [5.74, 6) is -0.313. The number of carbonyl (C=O) groups is 1. The fourth-order valence-corrected chi connectivity index (χ4v) is 3.77. The van der Waals surface area contributed by atoms with Gasteiger partial charge < -0.3 is 5.32 Å². The Bertz CT molecular complexity index is 894. The van der Waals surface area contributed by atoms with Crippen molar-refractivity contribution >= 4 is 44.9 Å². The molecule has 3 aromatic rings. The van der Waals surface area contributed by atoms with E-state index in [-0.39, 0.29) is 5.91 Å². The van der Waals surface area contributed by atoms with Gasteiger partial charge in [-0.25, -0.2) is 9.97 Å². The number of rotatable bonds is 4. The van der Waals surface area contributed by atoms with Crippen molar-refractivity contribution in [2.24, 2.45) is 0 Å². The van der Waals surface area contributed by atoms with Crippen molar-refractivity contribution in [3.8, 4) is 0 Å². The van der Waals surface area contributed by atoms with Gasteiger partial charge in [0.25, 0.3) is 0 Å². The van der Waals surface area contributed by atoms with E-state index >= 15 is 0 Å². The molecule has 25 heavy (non-hydrogen) atoms. The molecule has 0 radical (unpaired) electrons. The van der Waals surface area contributed by atoms with Gasteiger partial charge in [0.2, 0.25) is 5.91 Å². The number of thiophene rings is 1. The van der Waals surface area contributed by atoms with Gasteiger partial charge in [-0.15, -0.1) is 11.3 Å². The molecule has 9 heteroatoms. The number of nitrogens with one attached hydrogen (secondary N) is 1. The Balaban J connectivity index is 1.67. The van der Waals surface area contributed by atoms with Gasteiger partial charge in [0.1, 0.15) is 16.2 Å². The summed E-state index contributed by atoms with van der Waals surface area (Å²) in [4.78, 5) is 21.5. The Hall–Kier alpha value is -2.13.